The number of nitrogens with one attached hydrogen (secondary N) is 1. The van der Waals surface area contributed by atoms with E-state index in [1.807, 2.05) is 0 Å². The van der Waals surface area contributed by atoms with Crippen molar-refractivity contribution < 1.29 is 4.79 Å². The molecule has 0 aromatic rings. The Bertz CT molecular complexity index is 189. The van der Waals surface area contributed by atoms with Gasteiger partial charge in [-0.25, -0.2) is 0 Å². The molecule has 0 radical (unpaired) electrons. The van der Waals surface area contributed by atoms with E-state index in [0.717, 1.165) is 19.4 Å². The third kappa shape index (κ3) is 4.85. The van der Waals surface area contributed by atoms with E-state index < -0.39 is 0 Å². The molecule has 0 unspecified atom stereocenters. The van der Waals surface area contributed by atoms with Crippen molar-refractivity contribution in [1.82, 2.24) is 5.32 Å². The van der Waals surface area contributed by atoms with Gasteiger partial charge in [0.25, 0.3) is 0 Å². The Morgan fingerprint density at radius 2 is 2.33 bits per heavy atom. The van der Waals surface area contributed by atoms with Crippen LogP contribution in [0.15, 0.2) is 0 Å². The maximum Gasteiger partial charge on any atom is 0.224 e. The van der Waals surface area contributed by atoms with Gasteiger partial charge >= 0.3 is 0 Å². The SMILES string of the molecule is CCCCCNC(=O)CC1=IC1. The van der Waals surface area contributed by atoms with Crippen LogP contribution in [0.2, 0.25) is 0 Å². The van der Waals surface area contributed by atoms with Crippen LogP contribution in [0.3, 0.4) is 0 Å². The molecule has 0 bridgehead atoms. The summed E-state index contributed by atoms with van der Waals surface area (Å²) in [4.78, 5) is 11.1. The molecule has 0 saturated heterocycles. The first-order valence-corrected chi connectivity index (χ1v) is 7.14. The molecule has 0 spiro atoms. The Hall–Kier alpha value is 0.0700. The minimum atomic E-state index is 0.248. The summed E-state index contributed by atoms with van der Waals surface area (Å²) in [6.45, 7) is 3.05. The van der Waals surface area contributed by atoms with Crippen LogP contribution in [0, 0.1) is 0 Å². The van der Waals surface area contributed by atoms with E-state index in [1.165, 1.54) is 20.8 Å². The van der Waals surface area contributed by atoms with Gasteiger partial charge < -0.3 is 5.32 Å². The summed E-state index contributed by atoms with van der Waals surface area (Å²) in [6.07, 6.45) is 4.31. The zero-order valence-electron chi connectivity index (χ0n) is 7.53. The lowest BCUT2D eigenvalue weighted by molar-refractivity contribution is -0.119. The van der Waals surface area contributed by atoms with Crippen molar-refractivity contribution in [1.29, 1.82) is 0 Å². The topological polar surface area (TPSA) is 29.1 Å². The molecule has 2 nitrogen and oxygen atoms in total. The van der Waals surface area contributed by atoms with E-state index in [0.29, 0.717) is 20.7 Å². The average Bonchev–Trinajstić information content (AvgIpc) is 2.82. The van der Waals surface area contributed by atoms with Crippen molar-refractivity contribution in [2.45, 2.75) is 32.6 Å². The first kappa shape index (κ1) is 10.2. The number of carbonyl (C=O) groups excluding carboxylic acids is 1. The standard InChI is InChI=1S/C9H16INO/c1-2-3-4-5-11-9(12)6-8-7-10-8/h2-7H2,1H3,(H,11,12). The zero-order chi connectivity index (χ0) is 8.81. The first-order valence-electron chi connectivity index (χ1n) is 4.53. The molecule has 1 heterocycles. The summed E-state index contributed by atoms with van der Waals surface area (Å²) in [5.41, 5.74) is 0. The summed E-state index contributed by atoms with van der Waals surface area (Å²) >= 11 is 0.373. The lowest BCUT2D eigenvalue weighted by atomic mass is 10.2. The van der Waals surface area contributed by atoms with Crippen molar-refractivity contribution in [3.63, 3.8) is 0 Å². The summed E-state index contributed by atoms with van der Waals surface area (Å²) in [5.74, 6) is 0.248. The molecule has 0 aromatic heterocycles. The average molecular weight is 281 g/mol. The largest absolute Gasteiger partial charge is 0.356 e. The summed E-state index contributed by atoms with van der Waals surface area (Å²) in [5, 5.41) is 2.95. The third-order valence-electron chi connectivity index (χ3n) is 1.78. The Kier molecular flexibility index (Phi) is 4.80. The van der Waals surface area contributed by atoms with E-state index in [4.69, 9.17) is 0 Å². The lowest BCUT2D eigenvalue weighted by Gasteiger charge is -2.01. The Labute approximate surface area is 83.9 Å². The monoisotopic (exact) mass is 281 g/mol. The van der Waals surface area contributed by atoms with Gasteiger partial charge in [0.15, 0.2) is 0 Å². The molecule has 1 aliphatic rings. The molecule has 1 N–H and O–H groups in total. The van der Waals surface area contributed by atoms with Gasteiger partial charge in [-0.1, -0.05) is 19.8 Å². The highest BCUT2D eigenvalue weighted by Crippen LogP contribution is 2.20. The molecule has 1 aliphatic heterocycles. The van der Waals surface area contributed by atoms with Crippen molar-refractivity contribution in [2.24, 2.45) is 0 Å². The minimum absolute atomic E-state index is 0.248. The predicted molar refractivity (Wildman–Crippen MR) is 61.0 cm³/mol. The highest BCUT2D eigenvalue weighted by molar-refractivity contribution is 14.2. The second-order valence-electron chi connectivity index (χ2n) is 3.02. The molecule has 1 amide bonds. The van der Waals surface area contributed by atoms with Crippen LogP contribution in [0.1, 0.15) is 32.6 Å². The van der Waals surface area contributed by atoms with Crippen LogP contribution in [0.25, 0.3) is 0 Å². The Balaban J connectivity index is 1.91. The number of rotatable bonds is 6. The number of halogens is 1. The van der Waals surface area contributed by atoms with Gasteiger partial charge in [0.2, 0.25) is 5.91 Å². The van der Waals surface area contributed by atoms with E-state index in [9.17, 15) is 4.79 Å². The molecule has 1 rings (SSSR count). The molecule has 70 valence electrons. The quantitative estimate of drug-likeness (QED) is 0.449. The molecule has 0 aromatic carbocycles. The maximum atomic E-state index is 11.1. The number of amides is 1. The maximum absolute atomic E-state index is 11.1. The zero-order valence-corrected chi connectivity index (χ0v) is 9.69. The lowest BCUT2D eigenvalue weighted by Crippen LogP contribution is -2.25. The highest BCUT2D eigenvalue weighted by atomic mass is 127. The smallest absolute Gasteiger partial charge is 0.224 e. The van der Waals surface area contributed by atoms with E-state index in [-0.39, 0.29) is 5.91 Å². The minimum Gasteiger partial charge on any atom is -0.356 e. The van der Waals surface area contributed by atoms with Gasteiger partial charge in [0.1, 0.15) is 0 Å². The molecule has 3 heteroatoms. The molecule has 12 heavy (non-hydrogen) atoms. The highest BCUT2D eigenvalue weighted by Gasteiger charge is 2.12. The molecule has 0 fully saturated rings. The molecule has 0 saturated carbocycles. The van der Waals surface area contributed by atoms with Gasteiger partial charge in [-0.05, 0) is 9.93 Å². The van der Waals surface area contributed by atoms with E-state index >= 15 is 0 Å². The summed E-state index contributed by atoms with van der Waals surface area (Å²) in [6, 6.07) is 0. The number of alkyl halides is 1. The van der Waals surface area contributed by atoms with Crippen molar-refractivity contribution >= 4 is 30.1 Å². The molecular weight excluding hydrogens is 265 g/mol. The fourth-order valence-corrected chi connectivity index (χ4v) is 2.14. The number of carbonyl (C=O) groups is 1. The molecule has 0 aliphatic carbocycles. The van der Waals surface area contributed by atoms with Gasteiger partial charge in [-0.15, -0.1) is 20.7 Å². The van der Waals surface area contributed by atoms with Gasteiger partial charge in [0.05, 0.1) is 6.42 Å². The van der Waals surface area contributed by atoms with Gasteiger partial charge in [-0.2, -0.15) is 0 Å². The van der Waals surface area contributed by atoms with Crippen LogP contribution >= 0.6 is 20.7 Å². The van der Waals surface area contributed by atoms with E-state index in [1.54, 1.807) is 0 Å². The summed E-state index contributed by atoms with van der Waals surface area (Å²) in [7, 11) is 0. The predicted octanol–water partition coefficient (Wildman–Crippen LogP) is 1.84. The van der Waals surface area contributed by atoms with Gasteiger partial charge in [-0.3, -0.25) is 4.79 Å². The van der Waals surface area contributed by atoms with Crippen LogP contribution in [-0.2, 0) is 4.79 Å². The van der Waals surface area contributed by atoms with E-state index in [2.05, 4.69) is 12.2 Å². The Morgan fingerprint density at radius 3 is 2.92 bits per heavy atom. The van der Waals surface area contributed by atoms with Crippen LogP contribution < -0.4 is 5.32 Å². The normalized spacial score (nSPS) is 14.6. The fourth-order valence-electron chi connectivity index (χ4n) is 0.981. The first-order chi connectivity index (χ1) is 5.83. The van der Waals surface area contributed by atoms with Crippen LogP contribution in [0.4, 0.5) is 0 Å². The second-order valence-corrected chi connectivity index (χ2v) is 6.07. The second kappa shape index (κ2) is 5.67. The van der Waals surface area contributed by atoms with Crippen molar-refractivity contribution in [2.75, 3.05) is 11.0 Å². The Morgan fingerprint density at radius 1 is 1.58 bits per heavy atom. The van der Waals surface area contributed by atoms with Crippen molar-refractivity contribution in [3.05, 3.63) is 0 Å². The summed E-state index contributed by atoms with van der Waals surface area (Å²) < 4.78 is 2.82. The number of hydrogen-bond acceptors (Lipinski definition) is 1. The van der Waals surface area contributed by atoms with Crippen LogP contribution in [-0.4, -0.2) is 20.4 Å². The van der Waals surface area contributed by atoms with Crippen LogP contribution in [0.5, 0.6) is 0 Å². The fraction of sp³-hybridized carbons (Fsp3) is 0.778. The third-order valence-corrected chi connectivity index (χ3v) is 4.00. The van der Waals surface area contributed by atoms with Crippen molar-refractivity contribution in [3.8, 4) is 0 Å². The molecular formula is C9H16INO. The number of unbranched alkanes of at least 4 members (excludes halogenated alkanes) is 2. The molecule has 0 atom stereocenters. The van der Waals surface area contributed by atoms with Gasteiger partial charge in [0, 0.05) is 11.0 Å². The number of hydrogen-bond donors (Lipinski definition) is 1.